The lowest BCUT2D eigenvalue weighted by molar-refractivity contribution is 0.486. The van der Waals surface area contributed by atoms with Gasteiger partial charge in [-0.2, -0.15) is 13.7 Å². The van der Waals surface area contributed by atoms with Crippen LogP contribution in [0.25, 0.3) is 0 Å². The van der Waals surface area contributed by atoms with E-state index in [1.807, 2.05) is 6.07 Å². The molecule has 4 nitrogen and oxygen atoms in total. The highest BCUT2D eigenvalue weighted by Gasteiger charge is 2.16. The number of hydrogen-bond acceptors (Lipinski definition) is 4. The van der Waals surface area contributed by atoms with Gasteiger partial charge in [0.25, 0.3) is 0 Å². The first-order valence-corrected chi connectivity index (χ1v) is 7.42. The van der Waals surface area contributed by atoms with Gasteiger partial charge in [0.15, 0.2) is 0 Å². The molecule has 0 saturated heterocycles. The predicted octanol–water partition coefficient (Wildman–Crippen LogP) is 3.29. The average molecular weight is 308 g/mol. The Morgan fingerprint density at radius 3 is 2.35 bits per heavy atom. The van der Waals surface area contributed by atoms with Crippen LogP contribution in [0.3, 0.4) is 0 Å². The van der Waals surface area contributed by atoms with Crippen molar-refractivity contribution in [2.45, 2.75) is 11.8 Å². The van der Waals surface area contributed by atoms with E-state index >= 15 is 0 Å². The van der Waals surface area contributed by atoms with Crippen molar-refractivity contribution in [2.24, 2.45) is 0 Å². The van der Waals surface area contributed by atoms with Crippen LogP contribution in [0.2, 0.25) is 5.02 Å². The molecule has 0 aromatic heterocycles. The third-order valence-corrected chi connectivity index (χ3v) is 4.29. The molecule has 0 spiro atoms. The van der Waals surface area contributed by atoms with E-state index in [9.17, 15) is 8.42 Å². The largest absolute Gasteiger partial charge is 0.379 e. The fraction of sp³-hybridized carbons (Fsp3) is 0.0714. The molecular formula is C14H10ClNO3S. The lowest BCUT2D eigenvalue weighted by atomic mass is 10.2. The summed E-state index contributed by atoms with van der Waals surface area (Å²) < 4.78 is 29.1. The van der Waals surface area contributed by atoms with Crippen LogP contribution in [0.4, 0.5) is 0 Å². The van der Waals surface area contributed by atoms with E-state index in [1.54, 1.807) is 19.1 Å². The second kappa shape index (κ2) is 5.53. The highest BCUT2D eigenvalue weighted by atomic mass is 35.5. The lowest BCUT2D eigenvalue weighted by Crippen LogP contribution is -2.09. The molecule has 0 radical (unpaired) electrons. The Hall–Kier alpha value is -2.03. The topological polar surface area (TPSA) is 67.2 Å². The standard InChI is InChI=1S/C14H10ClNO3S/c1-10-8-12(4-7-14(10)15)19-20(17,18)13-5-2-11(9-16)3-6-13/h2-8H,1H3. The van der Waals surface area contributed by atoms with E-state index in [4.69, 9.17) is 21.0 Å². The Labute approximate surface area is 122 Å². The quantitative estimate of drug-likeness (QED) is 0.816. The molecule has 0 atom stereocenters. The molecule has 0 unspecified atom stereocenters. The summed E-state index contributed by atoms with van der Waals surface area (Å²) in [7, 11) is -3.92. The van der Waals surface area contributed by atoms with E-state index in [2.05, 4.69) is 0 Å². The first kappa shape index (κ1) is 14.4. The highest BCUT2D eigenvalue weighted by molar-refractivity contribution is 7.87. The molecule has 0 aliphatic carbocycles. The molecule has 0 aliphatic heterocycles. The van der Waals surface area contributed by atoms with Gasteiger partial charge in [-0.05, 0) is 55.0 Å². The Bertz CT molecular complexity index is 777. The Morgan fingerprint density at radius 1 is 1.15 bits per heavy atom. The number of nitriles is 1. The van der Waals surface area contributed by atoms with Gasteiger partial charge in [-0.3, -0.25) is 0 Å². The maximum absolute atomic E-state index is 12.1. The minimum Gasteiger partial charge on any atom is -0.379 e. The number of benzene rings is 2. The summed E-state index contributed by atoms with van der Waals surface area (Å²) in [6, 6.07) is 12.0. The highest BCUT2D eigenvalue weighted by Crippen LogP contribution is 2.24. The van der Waals surface area contributed by atoms with Crippen molar-refractivity contribution >= 4 is 21.7 Å². The minimum absolute atomic E-state index is 0.0101. The van der Waals surface area contributed by atoms with Gasteiger partial charge in [-0.15, -0.1) is 0 Å². The number of nitrogens with zero attached hydrogens (tertiary/aromatic N) is 1. The van der Waals surface area contributed by atoms with Crippen LogP contribution in [0.15, 0.2) is 47.4 Å². The molecule has 0 N–H and O–H groups in total. The fourth-order valence-corrected chi connectivity index (χ4v) is 2.58. The predicted molar refractivity (Wildman–Crippen MR) is 75.2 cm³/mol. The van der Waals surface area contributed by atoms with Crippen molar-refractivity contribution in [3.8, 4) is 11.8 Å². The van der Waals surface area contributed by atoms with E-state index in [1.165, 1.54) is 30.3 Å². The van der Waals surface area contributed by atoms with E-state index in [-0.39, 0.29) is 10.6 Å². The van der Waals surface area contributed by atoms with Crippen molar-refractivity contribution in [1.29, 1.82) is 5.26 Å². The Kier molecular flexibility index (Phi) is 3.98. The normalized spacial score (nSPS) is 10.8. The molecule has 0 heterocycles. The third-order valence-electron chi connectivity index (χ3n) is 2.61. The third kappa shape index (κ3) is 3.10. The smallest absolute Gasteiger partial charge is 0.339 e. The van der Waals surface area contributed by atoms with E-state index in [0.717, 1.165) is 5.56 Å². The van der Waals surface area contributed by atoms with Crippen LogP contribution in [0, 0.1) is 18.3 Å². The molecular weight excluding hydrogens is 298 g/mol. The molecule has 2 aromatic carbocycles. The van der Waals surface area contributed by atoms with Crippen LogP contribution >= 0.6 is 11.6 Å². The van der Waals surface area contributed by atoms with Crippen molar-refractivity contribution in [1.82, 2.24) is 0 Å². The van der Waals surface area contributed by atoms with Gasteiger partial charge in [0.1, 0.15) is 10.6 Å². The van der Waals surface area contributed by atoms with Gasteiger partial charge < -0.3 is 4.18 Å². The van der Waals surface area contributed by atoms with Gasteiger partial charge in [-0.25, -0.2) is 0 Å². The fourth-order valence-electron chi connectivity index (χ4n) is 1.54. The molecule has 20 heavy (non-hydrogen) atoms. The zero-order valence-corrected chi connectivity index (χ0v) is 12.1. The zero-order valence-electron chi connectivity index (χ0n) is 10.5. The van der Waals surface area contributed by atoms with E-state index < -0.39 is 10.1 Å². The summed E-state index contributed by atoms with van der Waals surface area (Å²) in [4.78, 5) is -0.0101. The molecule has 2 aromatic rings. The van der Waals surface area contributed by atoms with Crippen LogP contribution in [-0.2, 0) is 10.1 Å². The Balaban J connectivity index is 2.30. The summed E-state index contributed by atoms with van der Waals surface area (Å²) in [5.74, 6) is 0.191. The maximum atomic E-state index is 12.1. The summed E-state index contributed by atoms with van der Waals surface area (Å²) in [6.45, 7) is 1.75. The monoisotopic (exact) mass is 307 g/mol. The van der Waals surface area contributed by atoms with Crippen LogP contribution in [-0.4, -0.2) is 8.42 Å². The number of rotatable bonds is 3. The first-order valence-electron chi connectivity index (χ1n) is 5.63. The van der Waals surface area contributed by atoms with Gasteiger partial charge in [-0.1, -0.05) is 11.6 Å². The van der Waals surface area contributed by atoms with Gasteiger partial charge in [0.05, 0.1) is 11.6 Å². The molecule has 6 heteroatoms. The first-order chi connectivity index (χ1) is 9.42. The van der Waals surface area contributed by atoms with Crippen molar-refractivity contribution in [3.63, 3.8) is 0 Å². The molecule has 2 rings (SSSR count). The zero-order chi connectivity index (χ0) is 14.8. The number of aryl methyl sites for hydroxylation is 1. The maximum Gasteiger partial charge on any atom is 0.339 e. The van der Waals surface area contributed by atoms with E-state index in [0.29, 0.717) is 10.6 Å². The summed E-state index contributed by atoms with van der Waals surface area (Å²) in [5, 5.41) is 9.22. The van der Waals surface area contributed by atoms with Gasteiger partial charge >= 0.3 is 10.1 Å². The lowest BCUT2D eigenvalue weighted by Gasteiger charge is -2.08. The second-order valence-corrected chi connectivity index (χ2v) is 6.04. The minimum atomic E-state index is -3.92. The van der Waals surface area contributed by atoms with Crippen molar-refractivity contribution in [3.05, 3.63) is 58.6 Å². The molecule has 0 bridgehead atoms. The van der Waals surface area contributed by atoms with Crippen molar-refractivity contribution < 1.29 is 12.6 Å². The van der Waals surface area contributed by atoms with Crippen LogP contribution < -0.4 is 4.18 Å². The van der Waals surface area contributed by atoms with Gasteiger partial charge in [0, 0.05) is 5.02 Å². The number of hydrogen-bond donors (Lipinski definition) is 0. The van der Waals surface area contributed by atoms with Crippen LogP contribution in [0.5, 0.6) is 5.75 Å². The summed E-state index contributed by atoms with van der Waals surface area (Å²) in [5.41, 5.74) is 1.10. The molecule has 0 amide bonds. The molecule has 0 aliphatic rings. The van der Waals surface area contributed by atoms with Crippen LogP contribution in [0.1, 0.15) is 11.1 Å². The summed E-state index contributed by atoms with van der Waals surface area (Å²) in [6.07, 6.45) is 0. The second-order valence-electron chi connectivity index (χ2n) is 4.08. The molecule has 0 saturated carbocycles. The molecule has 0 fully saturated rings. The Morgan fingerprint density at radius 2 is 1.80 bits per heavy atom. The summed E-state index contributed by atoms with van der Waals surface area (Å²) >= 11 is 5.87. The molecule has 102 valence electrons. The van der Waals surface area contributed by atoms with Crippen molar-refractivity contribution in [2.75, 3.05) is 0 Å². The average Bonchev–Trinajstić information content (AvgIpc) is 2.43. The number of halogens is 1. The SMILES string of the molecule is Cc1cc(OS(=O)(=O)c2ccc(C#N)cc2)ccc1Cl. The van der Waals surface area contributed by atoms with Gasteiger partial charge in [0.2, 0.25) is 0 Å².